The average Bonchev–Trinajstić information content (AvgIpc) is 3.14. The molecule has 0 unspecified atom stereocenters. The van der Waals surface area contributed by atoms with E-state index >= 15 is 0 Å². The Bertz CT molecular complexity index is 1070. The van der Waals surface area contributed by atoms with E-state index in [9.17, 15) is 45.4 Å². The van der Waals surface area contributed by atoms with Crippen molar-refractivity contribution in [2.45, 2.75) is 31.8 Å². The fourth-order valence-electron chi connectivity index (χ4n) is 2.88. The first-order chi connectivity index (χ1) is 15.0. The first kappa shape index (κ1) is 26.8. The number of nitrogens with two attached hydrogens (primary N) is 1. The van der Waals surface area contributed by atoms with Gasteiger partial charge in [-0.05, 0) is 13.8 Å². The Morgan fingerprint density at radius 1 is 1.12 bits per heavy atom. The molecule has 0 fully saturated rings. The largest absolute Gasteiger partial charge is 0.430 e. The van der Waals surface area contributed by atoms with Crippen LogP contribution in [0.15, 0.2) is 12.1 Å². The SMILES string of the molecule is CCN(CC)C(=O)c1nc(C(N)=O)sc1-c1ccc(C(O)(C(F)(F)F)C(F)(F)F)c(F)c1Cl. The van der Waals surface area contributed by atoms with E-state index in [1.807, 2.05) is 0 Å². The van der Waals surface area contributed by atoms with Gasteiger partial charge in [-0.2, -0.15) is 26.3 Å². The minimum absolute atomic E-state index is 0.0485. The normalized spacial score (nSPS) is 12.7. The Hall–Kier alpha value is -2.45. The maximum Gasteiger partial charge on any atom is 0.430 e. The summed E-state index contributed by atoms with van der Waals surface area (Å²) in [6.07, 6.45) is -12.7. The molecule has 2 rings (SSSR count). The predicted molar refractivity (Wildman–Crippen MR) is 104 cm³/mol. The number of benzene rings is 1. The van der Waals surface area contributed by atoms with Crippen LogP contribution < -0.4 is 5.73 Å². The second kappa shape index (κ2) is 9.06. The number of nitrogens with zero attached hydrogens (tertiary/aromatic N) is 2. The summed E-state index contributed by atoms with van der Waals surface area (Å²) in [6, 6.07) is 0.605. The summed E-state index contributed by atoms with van der Waals surface area (Å²) in [5, 5.41) is 7.81. The first-order valence-corrected chi connectivity index (χ1v) is 10.2. The van der Waals surface area contributed by atoms with Gasteiger partial charge < -0.3 is 15.7 Å². The predicted octanol–water partition coefficient (Wildman–Crippen LogP) is 4.50. The second-order valence-corrected chi connectivity index (χ2v) is 7.91. The van der Waals surface area contributed by atoms with Crippen LogP contribution in [-0.2, 0) is 5.60 Å². The van der Waals surface area contributed by atoms with Gasteiger partial charge in [0.1, 0.15) is 11.5 Å². The van der Waals surface area contributed by atoms with Gasteiger partial charge in [0.15, 0.2) is 5.01 Å². The lowest BCUT2D eigenvalue weighted by Crippen LogP contribution is -2.54. The lowest BCUT2D eigenvalue weighted by Gasteiger charge is -2.33. The molecular formula is C18H15ClF7N3O3S. The van der Waals surface area contributed by atoms with E-state index < -0.39 is 62.4 Å². The van der Waals surface area contributed by atoms with Crippen molar-refractivity contribution < 1.29 is 45.4 Å². The van der Waals surface area contributed by atoms with E-state index in [1.165, 1.54) is 4.90 Å². The molecule has 15 heteroatoms. The molecule has 182 valence electrons. The number of amides is 2. The Kier molecular flexibility index (Phi) is 7.36. The van der Waals surface area contributed by atoms with E-state index in [-0.39, 0.29) is 24.0 Å². The monoisotopic (exact) mass is 521 g/mol. The highest BCUT2D eigenvalue weighted by Gasteiger charge is 2.72. The van der Waals surface area contributed by atoms with Gasteiger partial charge in [-0.15, -0.1) is 11.3 Å². The highest BCUT2D eigenvalue weighted by atomic mass is 35.5. The molecule has 0 radical (unpaired) electrons. The van der Waals surface area contributed by atoms with Crippen LogP contribution in [0.5, 0.6) is 0 Å². The minimum Gasteiger partial charge on any atom is -0.369 e. The van der Waals surface area contributed by atoms with Gasteiger partial charge in [-0.3, -0.25) is 9.59 Å². The molecule has 0 aliphatic rings. The molecule has 0 spiro atoms. The number of alkyl halides is 6. The van der Waals surface area contributed by atoms with E-state index in [1.54, 1.807) is 13.8 Å². The van der Waals surface area contributed by atoms with Gasteiger partial charge >= 0.3 is 12.4 Å². The first-order valence-electron chi connectivity index (χ1n) is 8.97. The fraction of sp³-hybridized carbons (Fsp3) is 0.389. The summed E-state index contributed by atoms with van der Waals surface area (Å²) in [5.41, 5.74) is -3.56. The molecule has 2 amide bonds. The third-order valence-corrected chi connectivity index (χ3v) is 6.10. The van der Waals surface area contributed by atoms with Crippen LogP contribution >= 0.6 is 22.9 Å². The number of halogens is 8. The van der Waals surface area contributed by atoms with Crippen molar-refractivity contribution in [1.82, 2.24) is 9.88 Å². The Balaban J connectivity index is 2.81. The smallest absolute Gasteiger partial charge is 0.369 e. The third kappa shape index (κ3) is 4.51. The van der Waals surface area contributed by atoms with Crippen molar-refractivity contribution in [2.24, 2.45) is 5.73 Å². The lowest BCUT2D eigenvalue weighted by atomic mass is 9.90. The lowest BCUT2D eigenvalue weighted by molar-refractivity contribution is -0.377. The van der Waals surface area contributed by atoms with Crippen LogP contribution in [0, 0.1) is 5.82 Å². The molecule has 0 aliphatic carbocycles. The summed E-state index contributed by atoms with van der Waals surface area (Å²) in [7, 11) is 0. The van der Waals surface area contributed by atoms with Crippen LogP contribution in [0.3, 0.4) is 0 Å². The van der Waals surface area contributed by atoms with Crippen LogP contribution in [-0.4, -0.2) is 52.2 Å². The van der Waals surface area contributed by atoms with Crippen LogP contribution in [0.4, 0.5) is 30.7 Å². The van der Waals surface area contributed by atoms with Gasteiger partial charge in [-0.25, -0.2) is 9.37 Å². The van der Waals surface area contributed by atoms with Crippen molar-refractivity contribution >= 4 is 34.8 Å². The maximum absolute atomic E-state index is 14.8. The molecule has 33 heavy (non-hydrogen) atoms. The number of hydrogen-bond acceptors (Lipinski definition) is 5. The highest BCUT2D eigenvalue weighted by molar-refractivity contribution is 7.17. The van der Waals surface area contributed by atoms with Gasteiger partial charge in [0.05, 0.1) is 9.90 Å². The van der Waals surface area contributed by atoms with Crippen LogP contribution in [0.25, 0.3) is 10.4 Å². The molecule has 0 saturated heterocycles. The Morgan fingerprint density at radius 2 is 1.64 bits per heavy atom. The standard InChI is InChI=1S/C18H15ClF7N3O3S/c1-3-29(4-2)15(31)11-12(33-14(28-11)13(27)30)7-5-6-8(10(20)9(7)19)16(32,17(21,22)23)18(24,25)26/h5-6,32H,3-4H2,1-2H3,(H2,27,30). The summed E-state index contributed by atoms with van der Waals surface area (Å²) in [5.74, 6) is -4.07. The summed E-state index contributed by atoms with van der Waals surface area (Å²) in [4.78, 5) is 29.0. The van der Waals surface area contributed by atoms with E-state index in [2.05, 4.69) is 4.98 Å². The van der Waals surface area contributed by atoms with E-state index in [0.717, 1.165) is 0 Å². The summed E-state index contributed by atoms with van der Waals surface area (Å²) in [6.45, 7) is 3.59. The number of hydrogen-bond donors (Lipinski definition) is 2. The van der Waals surface area contributed by atoms with Crippen molar-refractivity contribution in [3.05, 3.63) is 39.2 Å². The molecule has 0 saturated carbocycles. The Morgan fingerprint density at radius 3 is 2.06 bits per heavy atom. The zero-order chi connectivity index (χ0) is 25.5. The quantitative estimate of drug-likeness (QED) is 0.547. The second-order valence-electron chi connectivity index (χ2n) is 6.53. The number of carbonyl (C=O) groups excluding carboxylic acids is 2. The van der Waals surface area contributed by atoms with Crippen LogP contribution in [0.2, 0.25) is 5.02 Å². The van der Waals surface area contributed by atoms with Gasteiger partial charge in [0.2, 0.25) is 0 Å². The zero-order valence-corrected chi connectivity index (χ0v) is 18.3. The molecule has 6 nitrogen and oxygen atoms in total. The molecular weight excluding hydrogens is 507 g/mol. The Labute approximate surface area is 190 Å². The van der Waals surface area contributed by atoms with Crippen molar-refractivity contribution in [1.29, 1.82) is 0 Å². The minimum atomic E-state index is -6.34. The molecule has 0 atom stereocenters. The summed E-state index contributed by atoms with van der Waals surface area (Å²) >= 11 is 6.21. The average molecular weight is 522 g/mol. The number of primary amides is 1. The molecule has 1 aromatic carbocycles. The zero-order valence-electron chi connectivity index (χ0n) is 16.7. The van der Waals surface area contributed by atoms with E-state index in [4.69, 9.17) is 17.3 Å². The van der Waals surface area contributed by atoms with Crippen LogP contribution in [0.1, 0.15) is 39.7 Å². The number of aliphatic hydroxyl groups is 1. The number of thiazole rings is 1. The highest BCUT2D eigenvalue weighted by Crippen LogP contribution is 2.52. The number of aromatic nitrogens is 1. The topological polar surface area (TPSA) is 96.5 Å². The third-order valence-electron chi connectivity index (χ3n) is 4.63. The van der Waals surface area contributed by atoms with Crippen molar-refractivity contribution in [3.63, 3.8) is 0 Å². The molecule has 0 bridgehead atoms. The molecule has 0 aliphatic heterocycles. The van der Waals surface area contributed by atoms with E-state index in [0.29, 0.717) is 17.4 Å². The van der Waals surface area contributed by atoms with Gasteiger partial charge in [0.25, 0.3) is 17.4 Å². The molecule has 1 aromatic heterocycles. The molecule has 3 N–H and O–H groups in total. The van der Waals surface area contributed by atoms with Crippen molar-refractivity contribution in [2.75, 3.05) is 13.1 Å². The number of carbonyl (C=O) groups is 2. The van der Waals surface area contributed by atoms with Gasteiger partial charge in [0, 0.05) is 24.2 Å². The fourth-order valence-corrected chi connectivity index (χ4v) is 4.14. The van der Waals surface area contributed by atoms with Crippen molar-refractivity contribution in [3.8, 4) is 10.4 Å². The number of rotatable bonds is 6. The molecule has 1 heterocycles. The summed E-state index contributed by atoms with van der Waals surface area (Å²) < 4.78 is 93.8. The maximum atomic E-state index is 14.8. The van der Waals surface area contributed by atoms with Gasteiger partial charge in [-0.1, -0.05) is 23.7 Å². The molecule has 2 aromatic rings.